The minimum absolute atomic E-state index is 0.191. The second-order valence-electron chi connectivity index (χ2n) is 3.92. The van der Waals surface area contributed by atoms with Crippen molar-refractivity contribution in [2.24, 2.45) is 5.73 Å². The summed E-state index contributed by atoms with van der Waals surface area (Å²) in [6.45, 7) is 2.20. The predicted octanol–water partition coefficient (Wildman–Crippen LogP) is 0.0534. The highest BCUT2D eigenvalue weighted by molar-refractivity contribution is 5.78. The molecule has 0 radical (unpaired) electrons. The highest BCUT2D eigenvalue weighted by Gasteiger charge is 2.11. The van der Waals surface area contributed by atoms with E-state index in [1.165, 1.54) is 5.56 Å². The molecule has 1 aromatic carbocycles. The summed E-state index contributed by atoms with van der Waals surface area (Å²) in [7, 11) is 0. The highest BCUT2D eigenvalue weighted by atomic mass is 16.3. The van der Waals surface area contributed by atoms with Gasteiger partial charge in [-0.25, -0.2) is 0 Å². The Hall–Kier alpha value is -1.39. The molecule has 0 aliphatic carbocycles. The monoisotopic (exact) mass is 222 g/mol. The lowest BCUT2D eigenvalue weighted by molar-refractivity contribution is -0.125. The van der Waals surface area contributed by atoms with Gasteiger partial charge in [-0.05, 0) is 18.9 Å². The maximum Gasteiger partial charge on any atom is 0.247 e. The SMILES string of the molecule is CC(Cc1ccccc1)NCC(O)C(N)=O. The van der Waals surface area contributed by atoms with E-state index < -0.39 is 12.0 Å². The van der Waals surface area contributed by atoms with Crippen LogP contribution in [0.25, 0.3) is 0 Å². The third-order valence-corrected chi connectivity index (χ3v) is 2.37. The van der Waals surface area contributed by atoms with Crippen LogP contribution in [0.2, 0.25) is 0 Å². The Morgan fingerprint density at radius 3 is 2.62 bits per heavy atom. The van der Waals surface area contributed by atoms with Crippen molar-refractivity contribution in [1.82, 2.24) is 5.32 Å². The first-order valence-electron chi connectivity index (χ1n) is 5.34. The number of carbonyl (C=O) groups is 1. The van der Waals surface area contributed by atoms with Crippen LogP contribution in [0.1, 0.15) is 12.5 Å². The van der Waals surface area contributed by atoms with E-state index in [0.29, 0.717) is 0 Å². The summed E-state index contributed by atoms with van der Waals surface area (Å²) in [5, 5.41) is 12.3. The molecule has 0 aliphatic rings. The van der Waals surface area contributed by atoms with Crippen LogP contribution in [-0.4, -0.2) is 29.7 Å². The second-order valence-corrected chi connectivity index (χ2v) is 3.92. The lowest BCUT2D eigenvalue weighted by atomic mass is 10.1. The van der Waals surface area contributed by atoms with Gasteiger partial charge in [0.15, 0.2) is 0 Å². The number of aliphatic hydroxyl groups excluding tert-OH is 1. The first-order valence-corrected chi connectivity index (χ1v) is 5.34. The van der Waals surface area contributed by atoms with Gasteiger partial charge >= 0.3 is 0 Å². The third-order valence-electron chi connectivity index (χ3n) is 2.37. The Kier molecular flexibility index (Phi) is 4.95. The van der Waals surface area contributed by atoms with Crippen LogP contribution in [0.15, 0.2) is 30.3 Å². The summed E-state index contributed by atoms with van der Waals surface area (Å²) in [6.07, 6.45) is -0.259. The van der Waals surface area contributed by atoms with Crippen molar-refractivity contribution < 1.29 is 9.90 Å². The molecular weight excluding hydrogens is 204 g/mol. The minimum Gasteiger partial charge on any atom is -0.382 e. The van der Waals surface area contributed by atoms with Gasteiger partial charge in [-0.1, -0.05) is 30.3 Å². The fourth-order valence-electron chi connectivity index (χ4n) is 1.45. The minimum atomic E-state index is -1.11. The van der Waals surface area contributed by atoms with Crippen LogP contribution < -0.4 is 11.1 Å². The number of aliphatic hydroxyl groups is 1. The zero-order valence-corrected chi connectivity index (χ0v) is 9.39. The number of rotatable bonds is 6. The molecule has 2 atom stereocenters. The van der Waals surface area contributed by atoms with E-state index in [9.17, 15) is 9.90 Å². The van der Waals surface area contributed by atoms with Gasteiger partial charge in [0.25, 0.3) is 0 Å². The van der Waals surface area contributed by atoms with E-state index in [2.05, 4.69) is 5.32 Å². The predicted molar refractivity (Wildman–Crippen MR) is 62.8 cm³/mol. The molecule has 4 heteroatoms. The summed E-state index contributed by atoms with van der Waals surface area (Å²) in [4.78, 5) is 10.6. The second kappa shape index (κ2) is 6.25. The van der Waals surface area contributed by atoms with Gasteiger partial charge in [-0.2, -0.15) is 0 Å². The summed E-state index contributed by atoms with van der Waals surface area (Å²) in [5.41, 5.74) is 6.16. The third kappa shape index (κ3) is 4.42. The number of carbonyl (C=O) groups excluding carboxylic acids is 1. The van der Waals surface area contributed by atoms with E-state index in [1.54, 1.807) is 0 Å². The maximum absolute atomic E-state index is 10.6. The molecule has 0 aliphatic heterocycles. The molecule has 0 fully saturated rings. The first kappa shape index (κ1) is 12.7. The molecule has 0 bridgehead atoms. The van der Waals surface area contributed by atoms with Gasteiger partial charge < -0.3 is 16.2 Å². The number of amides is 1. The Balaban J connectivity index is 2.31. The standard InChI is InChI=1S/C12H18N2O2/c1-9(14-8-11(15)12(13)16)7-10-5-3-2-4-6-10/h2-6,9,11,14-15H,7-8H2,1H3,(H2,13,16). The van der Waals surface area contributed by atoms with Gasteiger partial charge in [0.05, 0.1) is 0 Å². The van der Waals surface area contributed by atoms with Crippen molar-refractivity contribution in [3.05, 3.63) is 35.9 Å². The van der Waals surface area contributed by atoms with Crippen LogP contribution >= 0.6 is 0 Å². The lowest BCUT2D eigenvalue weighted by Gasteiger charge is -2.15. The Bertz CT molecular complexity index is 327. The molecule has 16 heavy (non-hydrogen) atoms. The quantitative estimate of drug-likeness (QED) is 0.637. The van der Waals surface area contributed by atoms with E-state index in [-0.39, 0.29) is 12.6 Å². The molecule has 0 spiro atoms. The summed E-state index contributed by atoms with van der Waals surface area (Å²) in [5.74, 6) is -0.695. The number of primary amides is 1. The van der Waals surface area contributed by atoms with Crippen molar-refractivity contribution >= 4 is 5.91 Å². The number of hydrogen-bond donors (Lipinski definition) is 3. The van der Waals surface area contributed by atoms with Crippen LogP contribution in [0.3, 0.4) is 0 Å². The van der Waals surface area contributed by atoms with E-state index in [0.717, 1.165) is 6.42 Å². The molecule has 1 aromatic rings. The topological polar surface area (TPSA) is 75.3 Å². The van der Waals surface area contributed by atoms with E-state index in [1.807, 2.05) is 37.3 Å². The van der Waals surface area contributed by atoms with Gasteiger partial charge in [0.2, 0.25) is 5.91 Å². The molecule has 4 nitrogen and oxygen atoms in total. The number of nitrogens with one attached hydrogen (secondary N) is 1. The van der Waals surface area contributed by atoms with Crippen molar-refractivity contribution in [3.8, 4) is 0 Å². The van der Waals surface area contributed by atoms with Crippen molar-refractivity contribution in [2.75, 3.05) is 6.54 Å². The highest BCUT2D eigenvalue weighted by Crippen LogP contribution is 2.02. The summed E-state index contributed by atoms with van der Waals surface area (Å²) in [6, 6.07) is 10.2. The molecule has 4 N–H and O–H groups in total. The Morgan fingerprint density at radius 2 is 2.06 bits per heavy atom. The lowest BCUT2D eigenvalue weighted by Crippen LogP contribution is -2.41. The average Bonchev–Trinajstić information content (AvgIpc) is 2.27. The molecule has 1 amide bonds. The van der Waals surface area contributed by atoms with E-state index in [4.69, 9.17) is 5.73 Å². The molecule has 0 aromatic heterocycles. The molecular formula is C12H18N2O2. The van der Waals surface area contributed by atoms with Gasteiger partial charge in [0.1, 0.15) is 6.10 Å². The average molecular weight is 222 g/mol. The molecule has 1 rings (SSSR count). The van der Waals surface area contributed by atoms with Gasteiger partial charge in [-0.15, -0.1) is 0 Å². The van der Waals surface area contributed by atoms with Gasteiger partial charge in [0, 0.05) is 12.6 Å². The molecule has 0 saturated carbocycles. The van der Waals surface area contributed by atoms with E-state index >= 15 is 0 Å². The van der Waals surface area contributed by atoms with Crippen LogP contribution in [0.5, 0.6) is 0 Å². The molecule has 88 valence electrons. The normalized spacial score (nSPS) is 14.4. The molecule has 0 saturated heterocycles. The van der Waals surface area contributed by atoms with Crippen molar-refractivity contribution in [2.45, 2.75) is 25.5 Å². The van der Waals surface area contributed by atoms with Crippen LogP contribution in [-0.2, 0) is 11.2 Å². The summed E-state index contributed by atoms with van der Waals surface area (Å²) < 4.78 is 0. The largest absolute Gasteiger partial charge is 0.382 e. The van der Waals surface area contributed by atoms with Crippen LogP contribution in [0.4, 0.5) is 0 Å². The van der Waals surface area contributed by atoms with Gasteiger partial charge in [-0.3, -0.25) is 4.79 Å². The Labute approximate surface area is 95.5 Å². The molecule has 0 heterocycles. The van der Waals surface area contributed by atoms with Crippen molar-refractivity contribution in [3.63, 3.8) is 0 Å². The smallest absolute Gasteiger partial charge is 0.247 e. The number of nitrogens with two attached hydrogens (primary N) is 1. The Morgan fingerprint density at radius 1 is 1.44 bits per heavy atom. The zero-order valence-electron chi connectivity index (χ0n) is 9.39. The fraction of sp³-hybridized carbons (Fsp3) is 0.417. The fourth-order valence-corrected chi connectivity index (χ4v) is 1.45. The number of benzene rings is 1. The first-order chi connectivity index (χ1) is 7.59. The number of hydrogen-bond acceptors (Lipinski definition) is 3. The maximum atomic E-state index is 10.6. The zero-order chi connectivity index (χ0) is 12.0. The van der Waals surface area contributed by atoms with Crippen molar-refractivity contribution in [1.29, 1.82) is 0 Å². The summed E-state index contributed by atoms with van der Waals surface area (Å²) >= 11 is 0. The molecule has 2 unspecified atom stereocenters. The van der Waals surface area contributed by atoms with Crippen LogP contribution in [0, 0.1) is 0 Å².